The van der Waals surface area contributed by atoms with E-state index in [1.54, 1.807) is 24.5 Å². The van der Waals surface area contributed by atoms with Crippen LogP contribution in [0, 0.1) is 5.82 Å². The SMILES string of the molecule is O=C(Cc1ccc(F)cc1)NCc1cnc([C@H]2CCCCO2)nc1. The van der Waals surface area contributed by atoms with Crippen molar-refractivity contribution in [3.63, 3.8) is 0 Å². The van der Waals surface area contributed by atoms with Crippen molar-refractivity contribution in [2.24, 2.45) is 0 Å². The standard InChI is InChI=1S/C18H20FN3O2/c19-15-6-4-13(5-7-15)9-17(23)20-10-14-11-21-18(22-12-14)16-3-1-2-8-24-16/h4-7,11-12,16H,1-3,8-10H2,(H,20,23)/t16-/m1/s1. The van der Waals surface area contributed by atoms with Crippen LogP contribution in [0.25, 0.3) is 0 Å². The Morgan fingerprint density at radius 1 is 1.17 bits per heavy atom. The molecule has 0 saturated carbocycles. The lowest BCUT2D eigenvalue weighted by molar-refractivity contribution is -0.120. The van der Waals surface area contributed by atoms with Crippen molar-refractivity contribution < 1.29 is 13.9 Å². The number of carbonyl (C=O) groups is 1. The lowest BCUT2D eigenvalue weighted by Crippen LogP contribution is -2.25. The molecule has 1 atom stereocenters. The van der Waals surface area contributed by atoms with Crippen molar-refractivity contribution in [3.05, 3.63) is 59.4 Å². The maximum absolute atomic E-state index is 12.8. The van der Waals surface area contributed by atoms with Gasteiger partial charge < -0.3 is 10.1 Å². The maximum atomic E-state index is 12.8. The lowest BCUT2D eigenvalue weighted by Gasteiger charge is -2.21. The van der Waals surface area contributed by atoms with Crippen molar-refractivity contribution in [3.8, 4) is 0 Å². The minimum absolute atomic E-state index is 0.0131. The molecule has 1 aliphatic heterocycles. The first kappa shape index (κ1) is 16.5. The van der Waals surface area contributed by atoms with Gasteiger partial charge in [0, 0.05) is 31.1 Å². The van der Waals surface area contributed by atoms with E-state index in [0.29, 0.717) is 12.4 Å². The van der Waals surface area contributed by atoms with Crippen LogP contribution in [0.3, 0.4) is 0 Å². The van der Waals surface area contributed by atoms with Crippen LogP contribution in [0.2, 0.25) is 0 Å². The Kier molecular flexibility index (Phi) is 5.48. The van der Waals surface area contributed by atoms with Gasteiger partial charge in [0.2, 0.25) is 5.91 Å². The van der Waals surface area contributed by atoms with Crippen molar-refractivity contribution in [1.82, 2.24) is 15.3 Å². The van der Waals surface area contributed by atoms with Crippen molar-refractivity contribution in [2.75, 3.05) is 6.61 Å². The summed E-state index contributed by atoms with van der Waals surface area (Å²) in [5.41, 5.74) is 1.61. The molecule has 1 aromatic heterocycles. The largest absolute Gasteiger partial charge is 0.370 e. The molecule has 3 rings (SSSR count). The van der Waals surface area contributed by atoms with Crippen molar-refractivity contribution in [1.29, 1.82) is 0 Å². The van der Waals surface area contributed by atoms with E-state index in [4.69, 9.17) is 4.74 Å². The number of nitrogens with zero attached hydrogens (tertiary/aromatic N) is 2. The summed E-state index contributed by atoms with van der Waals surface area (Å²) in [4.78, 5) is 20.6. The Labute approximate surface area is 140 Å². The molecule has 1 N–H and O–H groups in total. The number of rotatable bonds is 5. The van der Waals surface area contributed by atoms with E-state index in [1.165, 1.54) is 12.1 Å². The van der Waals surface area contributed by atoms with Gasteiger partial charge >= 0.3 is 0 Å². The van der Waals surface area contributed by atoms with Gasteiger partial charge in [0.25, 0.3) is 0 Å². The van der Waals surface area contributed by atoms with E-state index in [9.17, 15) is 9.18 Å². The normalized spacial score (nSPS) is 17.5. The molecule has 0 unspecified atom stereocenters. The number of halogens is 1. The van der Waals surface area contributed by atoms with Crippen LogP contribution in [0.1, 0.15) is 42.3 Å². The van der Waals surface area contributed by atoms with Crippen LogP contribution >= 0.6 is 0 Å². The summed E-state index contributed by atoms with van der Waals surface area (Å²) in [6, 6.07) is 5.92. The molecule has 24 heavy (non-hydrogen) atoms. The Bertz CT molecular complexity index is 668. The molecule has 2 aromatic rings. The highest BCUT2D eigenvalue weighted by molar-refractivity contribution is 5.78. The van der Waals surface area contributed by atoms with Gasteiger partial charge in [-0.25, -0.2) is 14.4 Å². The average Bonchev–Trinajstić information content (AvgIpc) is 2.63. The molecule has 1 aromatic carbocycles. The van der Waals surface area contributed by atoms with E-state index in [-0.39, 0.29) is 24.2 Å². The minimum Gasteiger partial charge on any atom is -0.370 e. The number of hydrogen-bond donors (Lipinski definition) is 1. The van der Waals surface area contributed by atoms with Crippen LogP contribution in [0.15, 0.2) is 36.7 Å². The average molecular weight is 329 g/mol. The van der Waals surface area contributed by atoms with Gasteiger partial charge in [-0.1, -0.05) is 12.1 Å². The first-order chi connectivity index (χ1) is 11.7. The molecule has 1 fully saturated rings. The number of hydrogen-bond acceptors (Lipinski definition) is 4. The molecule has 1 aliphatic rings. The third kappa shape index (κ3) is 4.58. The minimum atomic E-state index is -0.307. The first-order valence-corrected chi connectivity index (χ1v) is 8.14. The molecule has 6 heteroatoms. The van der Waals surface area contributed by atoms with Gasteiger partial charge in [-0.3, -0.25) is 4.79 Å². The van der Waals surface area contributed by atoms with Crippen LogP contribution in [-0.2, 0) is 22.5 Å². The third-order valence-electron chi connectivity index (χ3n) is 3.96. The Balaban J connectivity index is 1.49. The van der Waals surface area contributed by atoms with Gasteiger partial charge in [-0.05, 0) is 37.0 Å². The molecule has 0 bridgehead atoms. The summed E-state index contributed by atoms with van der Waals surface area (Å²) in [5.74, 6) is 0.274. The summed E-state index contributed by atoms with van der Waals surface area (Å²) in [6.45, 7) is 1.13. The van der Waals surface area contributed by atoms with Crippen molar-refractivity contribution in [2.45, 2.75) is 38.3 Å². The highest BCUT2D eigenvalue weighted by Crippen LogP contribution is 2.24. The number of nitrogens with one attached hydrogen (secondary N) is 1. The van der Waals surface area contributed by atoms with Gasteiger partial charge in [0.05, 0.1) is 6.42 Å². The number of ether oxygens (including phenoxy) is 1. The van der Waals surface area contributed by atoms with Gasteiger partial charge in [-0.2, -0.15) is 0 Å². The highest BCUT2D eigenvalue weighted by Gasteiger charge is 2.18. The zero-order valence-corrected chi connectivity index (χ0v) is 13.4. The quantitative estimate of drug-likeness (QED) is 0.916. The molecule has 1 saturated heterocycles. The van der Waals surface area contributed by atoms with Crippen LogP contribution < -0.4 is 5.32 Å². The first-order valence-electron chi connectivity index (χ1n) is 8.14. The van der Waals surface area contributed by atoms with Crippen LogP contribution in [0.4, 0.5) is 4.39 Å². The third-order valence-corrected chi connectivity index (χ3v) is 3.96. The molecule has 0 spiro atoms. The van der Waals surface area contributed by atoms with E-state index in [2.05, 4.69) is 15.3 Å². The smallest absolute Gasteiger partial charge is 0.224 e. The molecule has 2 heterocycles. The van der Waals surface area contributed by atoms with E-state index in [0.717, 1.165) is 37.0 Å². The Morgan fingerprint density at radius 3 is 2.58 bits per heavy atom. The second-order valence-corrected chi connectivity index (χ2v) is 5.88. The second-order valence-electron chi connectivity index (χ2n) is 5.88. The van der Waals surface area contributed by atoms with Crippen LogP contribution in [-0.4, -0.2) is 22.5 Å². The van der Waals surface area contributed by atoms with E-state index >= 15 is 0 Å². The predicted octanol–water partition coefficient (Wildman–Crippen LogP) is 2.72. The van der Waals surface area contributed by atoms with E-state index < -0.39 is 0 Å². The summed E-state index contributed by atoms with van der Waals surface area (Å²) < 4.78 is 18.5. The zero-order valence-electron chi connectivity index (χ0n) is 13.4. The second kappa shape index (κ2) is 7.97. The number of benzene rings is 1. The van der Waals surface area contributed by atoms with Gasteiger partial charge in [0.15, 0.2) is 5.82 Å². The molecule has 0 radical (unpaired) electrons. The highest BCUT2D eigenvalue weighted by atomic mass is 19.1. The van der Waals surface area contributed by atoms with Crippen LogP contribution in [0.5, 0.6) is 0 Å². The fourth-order valence-corrected chi connectivity index (χ4v) is 2.62. The fraction of sp³-hybridized carbons (Fsp3) is 0.389. The van der Waals surface area contributed by atoms with Crippen molar-refractivity contribution >= 4 is 5.91 Å². The number of carbonyl (C=O) groups excluding carboxylic acids is 1. The summed E-state index contributed by atoms with van der Waals surface area (Å²) in [7, 11) is 0. The molecule has 126 valence electrons. The lowest BCUT2D eigenvalue weighted by atomic mass is 10.1. The monoisotopic (exact) mass is 329 g/mol. The summed E-state index contributed by atoms with van der Waals surface area (Å²) in [6.07, 6.45) is 6.82. The Morgan fingerprint density at radius 2 is 1.92 bits per heavy atom. The van der Waals surface area contributed by atoms with E-state index in [1.807, 2.05) is 0 Å². The molecule has 1 amide bonds. The molecule has 0 aliphatic carbocycles. The topological polar surface area (TPSA) is 64.1 Å². The molecule has 5 nitrogen and oxygen atoms in total. The molecular weight excluding hydrogens is 309 g/mol. The number of aromatic nitrogens is 2. The fourth-order valence-electron chi connectivity index (χ4n) is 2.62. The summed E-state index contributed by atoms with van der Waals surface area (Å²) in [5, 5.41) is 2.82. The predicted molar refractivity (Wildman–Crippen MR) is 86.5 cm³/mol. The van der Waals surface area contributed by atoms with Gasteiger partial charge in [-0.15, -0.1) is 0 Å². The Hall–Kier alpha value is -2.34. The maximum Gasteiger partial charge on any atom is 0.224 e. The molecular formula is C18H20FN3O2. The summed E-state index contributed by atoms with van der Waals surface area (Å²) >= 11 is 0. The zero-order chi connectivity index (χ0) is 16.8. The number of amides is 1. The van der Waals surface area contributed by atoms with Gasteiger partial charge in [0.1, 0.15) is 11.9 Å².